The number of rotatable bonds is 4. The summed E-state index contributed by atoms with van der Waals surface area (Å²) in [7, 11) is 0. The standard InChI is InChI=1S/C10H16O6.CH4/c1-10(8(13)6(12)5-11)4-2-3-7(16-10)9(14)15;/h3,6,8,11-13H,2,4-5H2,1H3,(H,14,15);1H4/t6?,8-,10?;/m1./s1. The van der Waals surface area contributed by atoms with Gasteiger partial charge in [-0.25, -0.2) is 4.79 Å². The Kier molecular flexibility index (Phi) is 5.60. The van der Waals surface area contributed by atoms with E-state index in [1.165, 1.54) is 13.0 Å². The highest BCUT2D eigenvalue weighted by Crippen LogP contribution is 2.31. The molecule has 0 fully saturated rings. The Morgan fingerprint density at radius 3 is 2.65 bits per heavy atom. The van der Waals surface area contributed by atoms with Crippen LogP contribution in [0.2, 0.25) is 0 Å². The molecule has 4 N–H and O–H groups in total. The quantitative estimate of drug-likeness (QED) is 0.552. The maximum atomic E-state index is 10.7. The van der Waals surface area contributed by atoms with E-state index in [1.54, 1.807) is 0 Å². The molecule has 0 spiro atoms. The van der Waals surface area contributed by atoms with Crippen molar-refractivity contribution in [3.8, 4) is 0 Å². The molecule has 0 saturated heterocycles. The minimum Gasteiger partial charge on any atom is -0.478 e. The Bertz CT molecular complexity index is 300. The van der Waals surface area contributed by atoms with E-state index in [0.717, 1.165) is 0 Å². The number of aliphatic hydroxyl groups excluding tert-OH is 3. The molecule has 1 aliphatic heterocycles. The Morgan fingerprint density at radius 2 is 2.18 bits per heavy atom. The van der Waals surface area contributed by atoms with E-state index < -0.39 is 30.4 Å². The van der Waals surface area contributed by atoms with E-state index in [2.05, 4.69) is 0 Å². The number of allylic oxidation sites excluding steroid dienone is 1. The van der Waals surface area contributed by atoms with Gasteiger partial charge in [0.15, 0.2) is 0 Å². The SMILES string of the molecule is C.CC1([C@H](O)C(O)CO)CCC=C(C(=O)O)O1. The highest BCUT2D eigenvalue weighted by molar-refractivity contribution is 5.84. The molecule has 1 rings (SSSR count). The number of carboxylic acids is 1. The summed E-state index contributed by atoms with van der Waals surface area (Å²) in [5, 5.41) is 36.6. The van der Waals surface area contributed by atoms with Crippen molar-refractivity contribution in [3.63, 3.8) is 0 Å². The van der Waals surface area contributed by atoms with Gasteiger partial charge in [0.25, 0.3) is 0 Å². The van der Waals surface area contributed by atoms with Gasteiger partial charge in [-0.05, 0) is 25.8 Å². The van der Waals surface area contributed by atoms with Crippen LogP contribution in [-0.2, 0) is 9.53 Å². The van der Waals surface area contributed by atoms with Gasteiger partial charge in [0.2, 0.25) is 5.76 Å². The van der Waals surface area contributed by atoms with Gasteiger partial charge >= 0.3 is 5.97 Å². The Morgan fingerprint density at radius 1 is 1.59 bits per heavy atom. The molecule has 100 valence electrons. The summed E-state index contributed by atoms with van der Waals surface area (Å²) >= 11 is 0. The third-order valence-electron chi connectivity index (χ3n) is 2.70. The first-order valence-corrected chi connectivity index (χ1v) is 5.00. The van der Waals surface area contributed by atoms with Crippen LogP contribution >= 0.6 is 0 Å². The average molecular weight is 248 g/mol. The predicted octanol–water partition coefficient (Wildman–Crippen LogP) is -0.126. The number of ether oxygens (including phenoxy) is 1. The van der Waals surface area contributed by atoms with Gasteiger partial charge in [-0.3, -0.25) is 0 Å². The molecule has 17 heavy (non-hydrogen) atoms. The molecule has 2 unspecified atom stereocenters. The summed E-state index contributed by atoms with van der Waals surface area (Å²) in [6.45, 7) is 0.902. The number of hydrogen-bond donors (Lipinski definition) is 4. The van der Waals surface area contributed by atoms with Crippen LogP contribution in [0, 0.1) is 0 Å². The summed E-state index contributed by atoms with van der Waals surface area (Å²) < 4.78 is 5.16. The molecule has 6 heteroatoms. The number of carboxylic acid groups (broad SMARTS) is 1. The normalized spacial score (nSPS) is 27.2. The van der Waals surface area contributed by atoms with E-state index in [-0.39, 0.29) is 13.2 Å². The number of aliphatic hydroxyl groups is 3. The fourth-order valence-electron chi connectivity index (χ4n) is 1.68. The van der Waals surface area contributed by atoms with Gasteiger partial charge in [0.05, 0.1) is 6.61 Å². The number of hydrogen-bond acceptors (Lipinski definition) is 5. The third kappa shape index (κ3) is 3.42. The van der Waals surface area contributed by atoms with Crippen LogP contribution < -0.4 is 0 Å². The lowest BCUT2D eigenvalue weighted by atomic mass is 9.88. The zero-order valence-electron chi connectivity index (χ0n) is 8.96. The summed E-state index contributed by atoms with van der Waals surface area (Å²) in [6.07, 6.45) is -0.448. The lowest BCUT2D eigenvalue weighted by Gasteiger charge is -2.38. The van der Waals surface area contributed by atoms with Crippen LogP contribution in [-0.4, -0.2) is 50.8 Å². The van der Waals surface area contributed by atoms with Crippen LogP contribution in [0.3, 0.4) is 0 Å². The van der Waals surface area contributed by atoms with Crippen molar-refractivity contribution in [2.24, 2.45) is 0 Å². The predicted molar refractivity (Wildman–Crippen MR) is 60.3 cm³/mol. The molecule has 0 aromatic heterocycles. The fraction of sp³-hybridized carbons (Fsp3) is 0.727. The first-order valence-electron chi connectivity index (χ1n) is 5.00. The summed E-state index contributed by atoms with van der Waals surface area (Å²) in [4.78, 5) is 10.7. The van der Waals surface area contributed by atoms with Gasteiger partial charge in [-0.2, -0.15) is 0 Å². The van der Waals surface area contributed by atoms with Crippen LogP contribution in [0.25, 0.3) is 0 Å². The minimum absolute atomic E-state index is 0. The van der Waals surface area contributed by atoms with Crippen LogP contribution in [0.4, 0.5) is 0 Å². The molecule has 3 atom stereocenters. The third-order valence-corrected chi connectivity index (χ3v) is 2.70. The van der Waals surface area contributed by atoms with Gasteiger partial charge in [-0.15, -0.1) is 0 Å². The molecule has 0 aromatic carbocycles. The molecule has 6 nitrogen and oxygen atoms in total. The fourth-order valence-corrected chi connectivity index (χ4v) is 1.68. The average Bonchev–Trinajstić information content (AvgIpc) is 2.27. The molecule has 0 aromatic rings. The van der Waals surface area contributed by atoms with Crippen molar-refractivity contribution in [1.29, 1.82) is 0 Å². The summed E-state index contributed by atoms with van der Waals surface area (Å²) in [5.41, 5.74) is -1.19. The van der Waals surface area contributed by atoms with E-state index in [0.29, 0.717) is 12.8 Å². The lowest BCUT2D eigenvalue weighted by molar-refractivity contribution is -0.161. The molecule has 0 saturated carbocycles. The molecule has 0 bridgehead atoms. The topological polar surface area (TPSA) is 107 Å². The van der Waals surface area contributed by atoms with Crippen molar-refractivity contribution >= 4 is 5.97 Å². The summed E-state index contributed by atoms with van der Waals surface area (Å²) in [5.74, 6) is -1.45. The number of aliphatic carboxylic acids is 1. The van der Waals surface area contributed by atoms with Crippen LogP contribution in [0.1, 0.15) is 27.2 Å². The first-order chi connectivity index (χ1) is 7.40. The zero-order valence-corrected chi connectivity index (χ0v) is 8.96. The second-order valence-electron chi connectivity index (χ2n) is 4.02. The molecule has 0 radical (unpaired) electrons. The highest BCUT2D eigenvalue weighted by atomic mass is 16.5. The Balaban J connectivity index is 0.00000256. The van der Waals surface area contributed by atoms with E-state index in [4.69, 9.17) is 14.9 Å². The van der Waals surface area contributed by atoms with E-state index >= 15 is 0 Å². The maximum Gasteiger partial charge on any atom is 0.370 e. The number of carbonyl (C=O) groups is 1. The second-order valence-corrected chi connectivity index (χ2v) is 4.02. The zero-order chi connectivity index (χ0) is 12.3. The van der Waals surface area contributed by atoms with Gasteiger partial charge in [0.1, 0.15) is 17.8 Å². The first kappa shape index (κ1) is 15.9. The minimum atomic E-state index is -1.35. The molecule has 0 amide bonds. The second kappa shape index (κ2) is 6.00. The lowest BCUT2D eigenvalue weighted by Crippen LogP contribution is -2.51. The highest BCUT2D eigenvalue weighted by Gasteiger charge is 2.42. The summed E-state index contributed by atoms with van der Waals surface area (Å²) in [6, 6.07) is 0. The van der Waals surface area contributed by atoms with Gasteiger partial charge in [-0.1, -0.05) is 7.43 Å². The van der Waals surface area contributed by atoms with Crippen molar-refractivity contribution in [2.45, 2.75) is 45.0 Å². The smallest absolute Gasteiger partial charge is 0.370 e. The monoisotopic (exact) mass is 248 g/mol. The van der Waals surface area contributed by atoms with Crippen molar-refractivity contribution < 1.29 is 30.0 Å². The molecular weight excluding hydrogens is 228 g/mol. The molecular formula is C11H20O6. The Hall–Kier alpha value is -1.11. The van der Waals surface area contributed by atoms with E-state index in [1.807, 2.05) is 0 Å². The molecule has 0 aliphatic carbocycles. The Labute approximate surface area is 100 Å². The molecule has 1 heterocycles. The largest absolute Gasteiger partial charge is 0.478 e. The maximum absolute atomic E-state index is 10.7. The van der Waals surface area contributed by atoms with Gasteiger partial charge < -0.3 is 25.2 Å². The van der Waals surface area contributed by atoms with Crippen LogP contribution in [0.15, 0.2) is 11.8 Å². The van der Waals surface area contributed by atoms with Crippen molar-refractivity contribution in [1.82, 2.24) is 0 Å². The molecule has 1 aliphatic rings. The van der Waals surface area contributed by atoms with Crippen molar-refractivity contribution in [3.05, 3.63) is 11.8 Å². The van der Waals surface area contributed by atoms with Crippen LogP contribution in [0.5, 0.6) is 0 Å². The van der Waals surface area contributed by atoms with Crippen molar-refractivity contribution in [2.75, 3.05) is 6.61 Å². The van der Waals surface area contributed by atoms with Gasteiger partial charge in [0, 0.05) is 0 Å². The van der Waals surface area contributed by atoms with E-state index in [9.17, 15) is 15.0 Å².